The van der Waals surface area contributed by atoms with E-state index in [9.17, 15) is 5.11 Å². The first kappa shape index (κ1) is 19.3. The van der Waals surface area contributed by atoms with Gasteiger partial charge in [0.25, 0.3) is 0 Å². The van der Waals surface area contributed by atoms with Gasteiger partial charge in [-0.15, -0.1) is 0 Å². The maximum atomic E-state index is 10.2. The molecule has 0 bridgehead atoms. The number of nitrogens with two attached hydrogens (primary N) is 1. The van der Waals surface area contributed by atoms with Crippen LogP contribution in [-0.4, -0.2) is 23.9 Å². The van der Waals surface area contributed by atoms with E-state index >= 15 is 0 Å². The molecule has 1 aromatic rings. The number of hydrogen-bond donors (Lipinski definition) is 2. The lowest BCUT2D eigenvalue weighted by atomic mass is 9.95. The van der Waals surface area contributed by atoms with Gasteiger partial charge in [0.15, 0.2) is 0 Å². The number of aliphatic hydroxyl groups is 1. The molecule has 2 unspecified atom stereocenters. The predicted octanol–water partition coefficient (Wildman–Crippen LogP) is 4.17. The quantitative estimate of drug-likeness (QED) is 0.715. The highest BCUT2D eigenvalue weighted by Gasteiger charge is 2.18. The van der Waals surface area contributed by atoms with Crippen molar-refractivity contribution in [2.75, 3.05) is 6.61 Å². The van der Waals surface area contributed by atoms with Crippen molar-refractivity contribution in [3.05, 3.63) is 27.8 Å². The molecule has 0 saturated heterocycles. The summed E-state index contributed by atoms with van der Waals surface area (Å²) in [5.41, 5.74) is 9.16. The van der Waals surface area contributed by atoms with Crippen LogP contribution in [0.5, 0.6) is 5.75 Å². The molecule has 0 aliphatic heterocycles. The molecule has 3 N–H and O–H groups in total. The Balaban J connectivity index is 2.89. The van der Waals surface area contributed by atoms with E-state index in [-0.39, 0.29) is 6.04 Å². The smallest absolute Gasteiger partial charge is 0.123 e. The molecule has 4 heteroatoms. The zero-order valence-electron chi connectivity index (χ0n) is 14.3. The fourth-order valence-corrected chi connectivity index (χ4v) is 2.81. The first-order valence-corrected chi connectivity index (χ1v) is 8.65. The summed E-state index contributed by atoms with van der Waals surface area (Å²) >= 11 is 6.37. The third-order valence-electron chi connectivity index (χ3n) is 4.04. The Hall–Kier alpha value is -0.770. The summed E-state index contributed by atoms with van der Waals surface area (Å²) in [6.07, 6.45) is 3.66. The van der Waals surface area contributed by atoms with Gasteiger partial charge in [0.2, 0.25) is 0 Å². The van der Waals surface area contributed by atoms with Crippen molar-refractivity contribution in [2.45, 2.75) is 71.9 Å². The average Bonchev–Trinajstić information content (AvgIpc) is 2.49. The molecule has 0 amide bonds. The molecule has 0 heterocycles. The van der Waals surface area contributed by atoms with Crippen molar-refractivity contribution in [3.63, 3.8) is 0 Å². The van der Waals surface area contributed by atoms with E-state index < -0.39 is 6.10 Å². The average molecular weight is 328 g/mol. The summed E-state index contributed by atoms with van der Waals surface area (Å²) in [6, 6.07) is 1.84. The molecule has 0 aliphatic rings. The van der Waals surface area contributed by atoms with Gasteiger partial charge in [0.05, 0.1) is 12.7 Å². The molecule has 0 fully saturated rings. The minimum absolute atomic E-state index is 0.161. The van der Waals surface area contributed by atoms with Crippen molar-refractivity contribution in [3.8, 4) is 5.75 Å². The van der Waals surface area contributed by atoms with E-state index in [4.69, 9.17) is 22.1 Å². The number of aryl methyl sites for hydroxylation is 1. The lowest BCUT2D eigenvalue weighted by Crippen LogP contribution is -2.34. The minimum atomic E-state index is -0.488. The highest BCUT2D eigenvalue weighted by Crippen LogP contribution is 2.33. The summed E-state index contributed by atoms with van der Waals surface area (Å²) in [7, 11) is 0. The number of ether oxygens (including phenoxy) is 1. The van der Waals surface area contributed by atoms with Crippen molar-refractivity contribution < 1.29 is 9.84 Å². The SMILES string of the molecule is CCCOc1cc(C)c(Cl)c(C)c1CCC(O)C(N)CCC. The number of rotatable bonds is 9. The van der Waals surface area contributed by atoms with E-state index in [0.29, 0.717) is 13.0 Å². The van der Waals surface area contributed by atoms with Gasteiger partial charge in [0.1, 0.15) is 5.75 Å². The highest BCUT2D eigenvalue weighted by molar-refractivity contribution is 6.32. The van der Waals surface area contributed by atoms with Crippen LogP contribution < -0.4 is 10.5 Å². The van der Waals surface area contributed by atoms with Crippen molar-refractivity contribution in [1.29, 1.82) is 0 Å². The fourth-order valence-electron chi connectivity index (χ4n) is 2.64. The number of benzene rings is 1. The molecule has 0 aromatic heterocycles. The van der Waals surface area contributed by atoms with E-state index in [1.807, 2.05) is 19.9 Å². The number of halogens is 1. The van der Waals surface area contributed by atoms with Crippen LogP contribution in [0.3, 0.4) is 0 Å². The van der Waals surface area contributed by atoms with Crippen molar-refractivity contribution in [1.82, 2.24) is 0 Å². The van der Waals surface area contributed by atoms with E-state index in [1.165, 1.54) is 0 Å². The zero-order chi connectivity index (χ0) is 16.7. The van der Waals surface area contributed by atoms with Crippen LogP contribution in [-0.2, 0) is 6.42 Å². The molecule has 0 saturated carbocycles. The lowest BCUT2D eigenvalue weighted by Gasteiger charge is -2.21. The molecule has 1 rings (SSSR count). The Morgan fingerprint density at radius 3 is 2.50 bits per heavy atom. The Kier molecular flexibility index (Phi) is 8.23. The standard InChI is InChI=1S/C18H30ClNO2/c1-5-7-15(20)16(21)9-8-14-13(4)18(19)12(3)11-17(14)22-10-6-2/h11,15-16,21H,5-10,20H2,1-4H3. The van der Waals surface area contributed by atoms with E-state index in [0.717, 1.165) is 53.1 Å². The Bertz CT molecular complexity index is 477. The van der Waals surface area contributed by atoms with Gasteiger partial charge < -0.3 is 15.6 Å². The van der Waals surface area contributed by atoms with Gasteiger partial charge in [-0.05, 0) is 62.3 Å². The zero-order valence-corrected chi connectivity index (χ0v) is 15.0. The second-order valence-corrected chi connectivity index (χ2v) is 6.39. The summed E-state index contributed by atoms with van der Waals surface area (Å²) in [5, 5.41) is 11.0. The largest absolute Gasteiger partial charge is 0.493 e. The predicted molar refractivity (Wildman–Crippen MR) is 93.9 cm³/mol. The van der Waals surface area contributed by atoms with E-state index in [2.05, 4.69) is 13.8 Å². The topological polar surface area (TPSA) is 55.5 Å². The summed E-state index contributed by atoms with van der Waals surface area (Å²) in [5.74, 6) is 0.887. The summed E-state index contributed by atoms with van der Waals surface area (Å²) < 4.78 is 5.87. The van der Waals surface area contributed by atoms with Gasteiger partial charge in [0, 0.05) is 11.1 Å². The molecule has 2 atom stereocenters. The maximum Gasteiger partial charge on any atom is 0.123 e. The molecule has 0 aliphatic carbocycles. The maximum absolute atomic E-state index is 10.2. The third kappa shape index (κ3) is 5.15. The van der Waals surface area contributed by atoms with Gasteiger partial charge in [-0.1, -0.05) is 31.9 Å². The molecule has 0 radical (unpaired) electrons. The van der Waals surface area contributed by atoms with Gasteiger partial charge >= 0.3 is 0 Å². The minimum Gasteiger partial charge on any atom is -0.493 e. The van der Waals surface area contributed by atoms with Crippen LogP contribution in [0.15, 0.2) is 6.07 Å². The van der Waals surface area contributed by atoms with Crippen LogP contribution in [0.4, 0.5) is 0 Å². The van der Waals surface area contributed by atoms with Gasteiger partial charge in [-0.25, -0.2) is 0 Å². The first-order valence-electron chi connectivity index (χ1n) is 8.27. The fraction of sp³-hybridized carbons (Fsp3) is 0.667. The van der Waals surface area contributed by atoms with Crippen LogP contribution in [0.1, 0.15) is 56.2 Å². The number of hydrogen-bond acceptors (Lipinski definition) is 3. The molecular weight excluding hydrogens is 298 g/mol. The lowest BCUT2D eigenvalue weighted by molar-refractivity contribution is 0.130. The van der Waals surface area contributed by atoms with Crippen LogP contribution in [0, 0.1) is 13.8 Å². The second kappa shape index (κ2) is 9.39. The van der Waals surface area contributed by atoms with Crippen molar-refractivity contribution in [2.24, 2.45) is 5.73 Å². The highest BCUT2D eigenvalue weighted by atomic mass is 35.5. The van der Waals surface area contributed by atoms with Crippen LogP contribution in [0.2, 0.25) is 5.02 Å². The van der Waals surface area contributed by atoms with Gasteiger partial charge in [-0.2, -0.15) is 0 Å². The molecular formula is C18H30ClNO2. The third-order valence-corrected chi connectivity index (χ3v) is 4.62. The Morgan fingerprint density at radius 2 is 1.91 bits per heavy atom. The summed E-state index contributed by atoms with van der Waals surface area (Å²) in [4.78, 5) is 0. The molecule has 0 spiro atoms. The van der Waals surface area contributed by atoms with Crippen LogP contribution in [0.25, 0.3) is 0 Å². The number of aliphatic hydroxyl groups excluding tert-OH is 1. The van der Waals surface area contributed by atoms with Gasteiger partial charge in [-0.3, -0.25) is 0 Å². The Morgan fingerprint density at radius 1 is 1.23 bits per heavy atom. The van der Waals surface area contributed by atoms with Crippen molar-refractivity contribution >= 4 is 11.6 Å². The normalized spacial score (nSPS) is 14.0. The molecule has 3 nitrogen and oxygen atoms in total. The Labute approximate surface area is 139 Å². The molecule has 1 aromatic carbocycles. The van der Waals surface area contributed by atoms with E-state index in [1.54, 1.807) is 0 Å². The molecule has 22 heavy (non-hydrogen) atoms. The second-order valence-electron chi connectivity index (χ2n) is 6.02. The van der Waals surface area contributed by atoms with Crippen LogP contribution >= 0.6 is 11.6 Å². The molecule has 126 valence electrons. The summed E-state index contributed by atoms with van der Waals surface area (Å²) in [6.45, 7) is 8.85. The first-order chi connectivity index (χ1) is 10.4. The monoisotopic (exact) mass is 327 g/mol.